The third-order valence-electron chi connectivity index (χ3n) is 4.71. The molecule has 1 aromatic carbocycles. The molecule has 26 heavy (non-hydrogen) atoms. The number of carbonyl (C=O) groups is 2. The molecule has 0 unspecified atom stereocenters. The zero-order chi connectivity index (χ0) is 19.3. The van der Waals surface area contributed by atoms with Gasteiger partial charge >= 0.3 is 0 Å². The molecular formula is C18H26N4O4. The van der Waals surface area contributed by atoms with Crippen molar-refractivity contribution in [2.75, 3.05) is 46.8 Å². The van der Waals surface area contributed by atoms with E-state index in [-0.39, 0.29) is 17.5 Å². The summed E-state index contributed by atoms with van der Waals surface area (Å²) >= 11 is 0. The Morgan fingerprint density at radius 2 is 1.85 bits per heavy atom. The Morgan fingerprint density at radius 3 is 2.38 bits per heavy atom. The fraction of sp³-hybridized carbons (Fsp3) is 0.556. The van der Waals surface area contributed by atoms with Gasteiger partial charge in [0.15, 0.2) is 0 Å². The van der Waals surface area contributed by atoms with Gasteiger partial charge in [0.05, 0.1) is 4.92 Å². The van der Waals surface area contributed by atoms with Gasteiger partial charge in [-0.1, -0.05) is 13.0 Å². The molecule has 1 fully saturated rings. The molecule has 1 aliphatic heterocycles. The Hall–Kier alpha value is -2.48. The first kappa shape index (κ1) is 19.8. The Kier molecular flexibility index (Phi) is 6.68. The van der Waals surface area contributed by atoms with E-state index < -0.39 is 4.92 Å². The molecule has 8 heteroatoms. The Labute approximate surface area is 153 Å². The van der Waals surface area contributed by atoms with Gasteiger partial charge in [0.2, 0.25) is 5.91 Å². The van der Waals surface area contributed by atoms with Crippen LogP contribution in [0.15, 0.2) is 18.2 Å². The van der Waals surface area contributed by atoms with Crippen LogP contribution in [0.3, 0.4) is 0 Å². The highest BCUT2D eigenvalue weighted by Crippen LogP contribution is 2.22. The summed E-state index contributed by atoms with van der Waals surface area (Å²) < 4.78 is 0. The van der Waals surface area contributed by atoms with Gasteiger partial charge in [-0.05, 0) is 12.5 Å². The minimum Gasteiger partial charge on any atom is -0.349 e. The van der Waals surface area contributed by atoms with Crippen LogP contribution in [0.1, 0.15) is 29.3 Å². The van der Waals surface area contributed by atoms with Crippen molar-refractivity contribution in [3.63, 3.8) is 0 Å². The highest BCUT2D eigenvalue weighted by Gasteiger charge is 2.24. The van der Waals surface area contributed by atoms with Crippen molar-refractivity contribution in [2.24, 2.45) is 0 Å². The predicted octanol–water partition coefficient (Wildman–Crippen LogP) is 1.39. The number of nitro benzene ring substituents is 1. The van der Waals surface area contributed by atoms with E-state index in [1.807, 2.05) is 6.92 Å². The third kappa shape index (κ3) is 4.78. The van der Waals surface area contributed by atoms with Crippen molar-refractivity contribution < 1.29 is 14.5 Å². The number of benzene rings is 1. The molecule has 0 aromatic heterocycles. The normalized spacial score (nSPS) is 15.0. The maximum Gasteiger partial charge on any atom is 0.273 e. The van der Waals surface area contributed by atoms with Crippen molar-refractivity contribution in [1.29, 1.82) is 0 Å². The van der Waals surface area contributed by atoms with Gasteiger partial charge in [-0.2, -0.15) is 0 Å². The fourth-order valence-corrected chi connectivity index (χ4v) is 3.00. The predicted molar refractivity (Wildman–Crippen MR) is 98.1 cm³/mol. The molecule has 0 N–H and O–H groups in total. The lowest BCUT2D eigenvalue weighted by atomic mass is 10.1. The maximum atomic E-state index is 12.7. The van der Waals surface area contributed by atoms with E-state index in [4.69, 9.17) is 0 Å². The molecule has 1 aromatic rings. The average molecular weight is 362 g/mol. The Balaban J connectivity index is 1.95. The molecule has 142 valence electrons. The standard InChI is InChI=1S/C18H26N4O4/c1-4-14-5-6-15(13-16(14)22(25)26)18(24)21-11-9-20(10-12-21)8-7-17(23)19(2)3/h5-6,13H,4,7-12H2,1-3H3. The molecule has 1 heterocycles. The van der Waals surface area contributed by atoms with Crippen LogP contribution in [0.2, 0.25) is 0 Å². The monoisotopic (exact) mass is 362 g/mol. The van der Waals surface area contributed by atoms with Crippen molar-refractivity contribution in [3.8, 4) is 0 Å². The van der Waals surface area contributed by atoms with E-state index in [9.17, 15) is 19.7 Å². The largest absolute Gasteiger partial charge is 0.349 e. The minimum atomic E-state index is -0.435. The highest BCUT2D eigenvalue weighted by atomic mass is 16.6. The van der Waals surface area contributed by atoms with Crippen molar-refractivity contribution in [2.45, 2.75) is 19.8 Å². The first-order chi connectivity index (χ1) is 12.3. The van der Waals surface area contributed by atoms with Crippen LogP contribution >= 0.6 is 0 Å². The minimum absolute atomic E-state index is 0.000756. The van der Waals surface area contributed by atoms with Gasteiger partial charge in [-0.3, -0.25) is 24.6 Å². The molecule has 2 rings (SSSR count). The van der Waals surface area contributed by atoms with E-state index in [0.29, 0.717) is 56.7 Å². The lowest BCUT2D eigenvalue weighted by molar-refractivity contribution is -0.385. The van der Waals surface area contributed by atoms with E-state index in [1.54, 1.807) is 36.0 Å². The van der Waals surface area contributed by atoms with Crippen LogP contribution < -0.4 is 0 Å². The first-order valence-corrected chi connectivity index (χ1v) is 8.82. The second-order valence-corrected chi connectivity index (χ2v) is 6.63. The van der Waals surface area contributed by atoms with Gasteiger partial charge in [-0.25, -0.2) is 0 Å². The zero-order valence-corrected chi connectivity index (χ0v) is 15.6. The summed E-state index contributed by atoms with van der Waals surface area (Å²) in [5, 5.41) is 11.2. The number of amides is 2. The number of piperazine rings is 1. The van der Waals surface area contributed by atoms with Gasteiger partial charge < -0.3 is 9.80 Å². The summed E-state index contributed by atoms with van der Waals surface area (Å²) in [5.41, 5.74) is 0.978. The molecule has 0 aliphatic carbocycles. The van der Waals surface area contributed by atoms with Crippen LogP contribution in [-0.2, 0) is 11.2 Å². The summed E-state index contributed by atoms with van der Waals surface area (Å²) in [5.74, 6) is -0.0911. The second-order valence-electron chi connectivity index (χ2n) is 6.63. The van der Waals surface area contributed by atoms with Gasteiger partial charge in [0.25, 0.3) is 11.6 Å². The van der Waals surface area contributed by atoms with Crippen LogP contribution in [0.25, 0.3) is 0 Å². The van der Waals surface area contributed by atoms with Gasteiger partial charge in [0, 0.05) is 70.4 Å². The summed E-state index contributed by atoms with van der Waals surface area (Å²) in [7, 11) is 3.48. The lowest BCUT2D eigenvalue weighted by Gasteiger charge is -2.34. The smallest absolute Gasteiger partial charge is 0.273 e. The van der Waals surface area contributed by atoms with Crippen LogP contribution in [0, 0.1) is 10.1 Å². The van der Waals surface area contributed by atoms with Crippen LogP contribution in [0.5, 0.6) is 0 Å². The molecule has 0 bridgehead atoms. The van der Waals surface area contributed by atoms with Crippen LogP contribution in [-0.4, -0.2) is 78.3 Å². The number of nitrogens with zero attached hydrogens (tertiary/aromatic N) is 4. The van der Waals surface area contributed by atoms with E-state index in [2.05, 4.69) is 4.90 Å². The molecule has 0 saturated carbocycles. The highest BCUT2D eigenvalue weighted by molar-refractivity contribution is 5.95. The quantitative estimate of drug-likeness (QED) is 0.564. The van der Waals surface area contributed by atoms with Gasteiger partial charge in [0.1, 0.15) is 0 Å². The number of hydrogen-bond donors (Lipinski definition) is 0. The number of carbonyl (C=O) groups excluding carboxylic acids is 2. The SMILES string of the molecule is CCc1ccc(C(=O)N2CCN(CCC(=O)N(C)C)CC2)cc1[N+](=O)[O-]. The Bertz CT molecular complexity index is 682. The second kappa shape index (κ2) is 8.75. The summed E-state index contributed by atoms with van der Waals surface area (Å²) in [6.45, 7) is 5.03. The van der Waals surface area contributed by atoms with E-state index in [1.165, 1.54) is 6.07 Å². The number of nitro groups is 1. The number of aryl methyl sites for hydroxylation is 1. The molecule has 0 spiro atoms. The lowest BCUT2D eigenvalue weighted by Crippen LogP contribution is -2.49. The summed E-state index contributed by atoms with van der Waals surface area (Å²) in [6, 6.07) is 4.70. The molecule has 0 atom stereocenters. The van der Waals surface area contributed by atoms with Crippen molar-refractivity contribution >= 4 is 17.5 Å². The molecule has 1 aliphatic rings. The number of hydrogen-bond acceptors (Lipinski definition) is 5. The topological polar surface area (TPSA) is 87.0 Å². The first-order valence-electron chi connectivity index (χ1n) is 8.82. The van der Waals surface area contributed by atoms with E-state index >= 15 is 0 Å². The average Bonchev–Trinajstić information content (AvgIpc) is 2.65. The maximum absolute atomic E-state index is 12.7. The molecule has 0 radical (unpaired) electrons. The van der Waals surface area contributed by atoms with Crippen molar-refractivity contribution in [1.82, 2.24) is 14.7 Å². The number of rotatable bonds is 6. The zero-order valence-electron chi connectivity index (χ0n) is 15.6. The summed E-state index contributed by atoms with van der Waals surface area (Å²) in [4.78, 5) is 40.5. The molecular weight excluding hydrogens is 336 g/mol. The van der Waals surface area contributed by atoms with Gasteiger partial charge in [-0.15, -0.1) is 0 Å². The fourth-order valence-electron chi connectivity index (χ4n) is 3.00. The molecule has 2 amide bonds. The summed E-state index contributed by atoms with van der Waals surface area (Å²) in [6.07, 6.45) is 1.01. The van der Waals surface area contributed by atoms with E-state index in [0.717, 1.165) is 0 Å². The third-order valence-corrected chi connectivity index (χ3v) is 4.71. The Morgan fingerprint density at radius 1 is 1.19 bits per heavy atom. The van der Waals surface area contributed by atoms with Crippen molar-refractivity contribution in [3.05, 3.63) is 39.4 Å². The molecule has 8 nitrogen and oxygen atoms in total. The van der Waals surface area contributed by atoms with Crippen LogP contribution in [0.4, 0.5) is 5.69 Å². The molecule has 1 saturated heterocycles.